The van der Waals surface area contributed by atoms with E-state index in [9.17, 15) is 0 Å². The van der Waals surface area contributed by atoms with E-state index in [2.05, 4.69) is 26.6 Å². The molecule has 0 aromatic rings. The van der Waals surface area contributed by atoms with Gasteiger partial charge in [0.15, 0.2) is 0 Å². The second kappa shape index (κ2) is 1.98. The zero-order valence-corrected chi connectivity index (χ0v) is 7.91. The molecule has 0 heterocycles. The molecule has 1 rings (SSSR count). The second-order valence-corrected chi connectivity index (χ2v) is 9.11. The predicted octanol–water partition coefficient (Wildman–Crippen LogP) is 2.97. The molecule has 0 spiro atoms. The van der Waals surface area contributed by atoms with Crippen LogP contribution in [0.5, 0.6) is 0 Å². The number of hydrogen-bond acceptors (Lipinski definition) is 0. The Kier molecular flexibility index (Phi) is 1.55. The van der Waals surface area contributed by atoms with Gasteiger partial charge in [0.2, 0.25) is 0 Å². The molecule has 0 unspecified atom stereocenters. The first kappa shape index (κ1) is 7.07. The lowest BCUT2D eigenvalue weighted by Gasteiger charge is -2.31. The Labute approximate surface area is 59.0 Å². The van der Waals surface area contributed by atoms with E-state index in [4.69, 9.17) is 0 Å². The van der Waals surface area contributed by atoms with Gasteiger partial charge in [-0.3, -0.25) is 0 Å². The van der Waals surface area contributed by atoms with E-state index in [0.717, 1.165) is 0 Å². The Balaban J connectivity index is 2.75. The Bertz CT molecular complexity index is 148. The summed E-state index contributed by atoms with van der Waals surface area (Å²) in [7, 11) is -0.857. The monoisotopic (exact) mass is 140 g/mol. The van der Waals surface area contributed by atoms with Crippen LogP contribution in [0.2, 0.25) is 19.6 Å². The summed E-state index contributed by atoms with van der Waals surface area (Å²) in [6.45, 7) is 9.60. The van der Waals surface area contributed by atoms with Gasteiger partial charge in [-0.1, -0.05) is 30.4 Å². The van der Waals surface area contributed by atoms with Gasteiger partial charge in [0.1, 0.15) is 0 Å². The van der Waals surface area contributed by atoms with Crippen LogP contribution in [0.1, 0.15) is 19.8 Å². The van der Waals surface area contributed by atoms with Crippen LogP contribution in [-0.2, 0) is 0 Å². The molecule has 0 saturated heterocycles. The molecular formula is C8H16Si. The quantitative estimate of drug-likeness (QED) is 0.491. The second-order valence-electron chi connectivity index (χ2n) is 4.01. The summed E-state index contributed by atoms with van der Waals surface area (Å²) in [5.74, 6) is 0. The lowest BCUT2D eigenvalue weighted by atomic mass is 10.0. The van der Waals surface area contributed by atoms with Crippen molar-refractivity contribution >= 4 is 8.07 Å². The largest absolute Gasteiger partial charge is 0.0818 e. The van der Waals surface area contributed by atoms with E-state index in [0.29, 0.717) is 0 Å². The third kappa shape index (κ3) is 1.26. The summed E-state index contributed by atoms with van der Waals surface area (Å²) in [6, 6.07) is 0. The maximum Gasteiger partial charge on any atom is 0.0723 e. The van der Waals surface area contributed by atoms with Crippen molar-refractivity contribution in [2.24, 2.45) is 0 Å². The summed E-state index contributed by atoms with van der Waals surface area (Å²) in [5.41, 5.74) is 1.69. The van der Waals surface area contributed by atoms with Gasteiger partial charge in [-0.25, -0.2) is 0 Å². The summed E-state index contributed by atoms with van der Waals surface area (Å²) < 4.78 is 0. The molecule has 1 heteroatoms. The Hall–Kier alpha value is -0.0431. The Morgan fingerprint density at radius 1 is 1.11 bits per heavy atom. The highest BCUT2D eigenvalue weighted by Gasteiger charge is 2.26. The average Bonchev–Trinajstić information content (AvgIpc) is 1.57. The molecule has 0 amide bonds. The molecular weight excluding hydrogens is 124 g/mol. The summed E-state index contributed by atoms with van der Waals surface area (Å²) in [5, 5.41) is 1.82. The molecule has 0 aromatic carbocycles. The fraction of sp³-hybridized carbons (Fsp3) is 0.750. The van der Waals surface area contributed by atoms with Crippen molar-refractivity contribution < 1.29 is 0 Å². The standard InChI is InChI=1S/C8H16Si/c1-7-5-6-8(7)9(2,3)4/h5-6H2,1-4H3. The van der Waals surface area contributed by atoms with Crippen LogP contribution in [0.3, 0.4) is 0 Å². The van der Waals surface area contributed by atoms with Crippen LogP contribution < -0.4 is 0 Å². The van der Waals surface area contributed by atoms with Gasteiger partial charge in [-0.05, 0) is 19.8 Å². The van der Waals surface area contributed by atoms with Crippen molar-refractivity contribution in [2.75, 3.05) is 0 Å². The summed E-state index contributed by atoms with van der Waals surface area (Å²) in [4.78, 5) is 0. The van der Waals surface area contributed by atoms with Gasteiger partial charge < -0.3 is 0 Å². The minimum atomic E-state index is -0.857. The van der Waals surface area contributed by atoms with Crippen LogP contribution >= 0.6 is 0 Å². The number of rotatable bonds is 1. The molecule has 0 saturated carbocycles. The highest BCUT2D eigenvalue weighted by molar-refractivity contribution is 6.83. The smallest absolute Gasteiger partial charge is 0.0723 e. The van der Waals surface area contributed by atoms with Crippen molar-refractivity contribution in [1.82, 2.24) is 0 Å². The van der Waals surface area contributed by atoms with Crippen LogP contribution in [0.15, 0.2) is 10.8 Å². The van der Waals surface area contributed by atoms with E-state index in [1.54, 1.807) is 5.57 Å². The molecule has 1 aliphatic rings. The predicted molar refractivity (Wildman–Crippen MR) is 45.3 cm³/mol. The first-order valence-electron chi connectivity index (χ1n) is 3.71. The van der Waals surface area contributed by atoms with Crippen LogP contribution in [0.25, 0.3) is 0 Å². The van der Waals surface area contributed by atoms with E-state index in [-0.39, 0.29) is 0 Å². The Morgan fingerprint density at radius 2 is 1.67 bits per heavy atom. The maximum absolute atomic E-state index is 2.44. The van der Waals surface area contributed by atoms with Crippen molar-refractivity contribution in [2.45, 2.75) is 39.4 Å². The number of allylic oxidation sites excluding steroid dienone is 2. The minimum Gasteiger partial charge on any atom is -0.0818 e. The van der Waals surface area contributed by atoms with Crippen LogP contribution in [0, 0.1) is 0 Å². The van der Waals surface area contributed by atoms with Gasteiger partial charge in [0.25, 0.3) is 0 Å². The van der Waals surface area contributed by atoms with Crippen LogP contribution in [-0.4, -0.2) is 8.07 Å². The van der Waals surface area contributed by atoms with E-state index in [1.807, 2.05) is 5.20 Å². The minimum absolute atomic E-state index is 0.857. The van der Waals surface area contributed by atoms with Gasteiger partial charge >= 0.3 is 0 Å². The molecule has 1 aliphatic carbocycles. The van der Waals surface area contributed by atoms with E-state index >= 15 is 0 Å². The van der Waals surface area contributed by atoms with Crippen molar-refractivity contribution in [3.8, 4) is 0 Å². The first-order chi connectivity index (χ1) is 4.02. The molecule has 0 aromatic heterocycles. The SMILES string of the molecule is CC1=C([Si](C)(C)C)CC1. The fourth-order valence-corrected chi connectivity index (χ4v) is 3.80. The fourth-order valence-electron chi connectivity index (χ4n) is 1.52. The van der Waals surface area contributed by atoms with Crippen molar-refractivity contribution in [3.05, 3.63) is 10.8 Å². The maximum atomic E-state index is 2.44. The van der Waals surface area contributed by atoms with Crippen molar-refractivity contribution in [1.29, 1.82) is 0 Å². The highest BCUT2D eigenvalue weighted by Crippen LogP contribution is 2.34. The molecule has 0 atom stereocenters. The van der Waals surface area contributed by atoms with E-state index in [1.165, 1.54) is 12.8 Å². The highest BCUT2D eigenvalue weighted by atomic mass is 28.3. The molecule has 0 radical (unpaired) electrons. The van der Waals surface area contributed by atoms with Gasteiger partial charge in [-0.2, -0.15) is 0 Å². The van der Waals surface area contributed by atoms with E-state index < -0.39 is 8.07 Å². The van der Waals surface area contributed by atoms with Gasteiger partial charge in [-0.15, -0.1) is 0 Å². The summed E-state index contributed by atoms with van der Waals surface area (Å²) >= 11 is 0. The van der Waals surface area contributed by atoms with Gasteiger partial charge in [0, 0.05) is 0 Å². The molecule has 52 valence electrons. The normalized spacial score (nSPS) is 20.0. The zero-order chi connectivity index (χ0) is 7.07. The van der Waals surface area contributed by atoms with Crippen LogP contribution in [0.4, 0.5) is 0 Å². The molecule has 0 aliphatic heterocycles. The average molecular weight is 140 g/mol. The lowest BCUT2D eigenvalue weighted by molar-refractivity contribution is 0.840. The first-order valence-corrected chi connectivity index (χ1v) is 7.21. The third-order valence-electron chi connectivity index (χ3n) is 2.17. The zero-order valence-electron chi connectivity index (χ0n) is 6.91. The third-order valence-corrected chi connectivity index (χ3v) is 4.66. The lowest BCUT2D eigenvalue weighted by Crippen LogP contribution is -2.29. The summed E-state index contributed by atoms with van der Waals surface area (Å²) in [6.07, 6.45) is 2.78. The van der Waals surface area contributed by atoms with Crippen molar-refractivity contribution in [3.63, 3.8) is 0 Å². The molecule has 9 heavy (non-hydrogen) atoms. The van der Waals surface area contributed by atoms with Gasteiger partial charge in [0.05, 0.1) is 8.07 Å². The topological polar surface area (TPSA) is 0 Å². The molecule has 0 N–H and O–H groups in total. The Morgan fingerprint density at radius 3 is 1.67 bits per heavy atom. The molecule has 0 bridgehead atoms. The number of hydrogen-bond donors (Lipinski definition) is 0. The molecule has 0 nitrogen and oxygen atoms in total. The molecule has 0 fully saturated rings.